The number of amides is 1. The van der Waals surface area contributed by atoms with Gasteiger partial charge in [0, 0.05) is 11.3 Å². The number of carbonyl (C=O) groups is 2. The average Bonchev–Trinajstić information content (AvgIpc) is 2.73. The van der Waals surface area contributed by atoms with Gasteiger partial charge in [-0.25, -0.2) is 4.79 Å². The maximum atomic E-state index is 12.9. The first-order chi connectivity index (χ1) is 14.6. The molecule has 0 spiro atoms. The highest BCUT2D eigenvalue weighted by Gasteiger charge is 2.19. The molecule has 0 aliphatic heterocycles. The van der Waals surface area contributed by atoms with Crippen LogP contribution in [0.25, 0.3) is 0 Å². The molecule has 0 saturated heterocycles. The monoisotopic (exact) mass is 425 g/mol. The van der Waals surface area contributed by atoms with E-state index < -0.39 is 12.1 Å². The Bertz CT molecular complexity index is 861. The van der Waals surface area contributed by atoms with Crippen LogP contribution in [0.15, 0.2) is 42.5 Å². The SMILES string of the molecule is CC[C@@H](C)OC(=O)[C@@H](C)Oc1ccc(C(=O)Nc2c(C(C)C)cccc2C(C)C)cc1. The van der Waals surface area contributed by atoms with Crippen molar-refractivity contribution < 1.29 is 19.1 Å². The number of nitrogens with one attached hydrogen (secondary N) is 1. The number of hydrogen-bond donors (Lipinski definition) is 1. The lowest BCUT2D eigenvalue weighted by atomic mass is 9.92. The van der Waals surface area contributed by atoms with Crippen molar-refractivity contribution in [1.29, 1.82) is 0 Å². The zero-order chi connectivity index (χ0) is 23.1. The molecule has 2 aromatic carbocycles. The van der Waals surface area contributed by atoms with Crippen molar-refractivity contribution in [3.63, 3.8) is 0 Å². The minimum absolute atomic E-state index is 0.144. The second-order valence-corrected chi connectivity index (χ2v) is 8.52. The summed E-state index contributed by atoms with van der Waals surface area (Å²) in [6.07, 6.45) is -0.116. The van der Waals surface area contributed by atoms with Gasteiger partial charge in [0.15, 0.2) is 6.10 Å². The summed E-state index contributed by atoms with van der Waals surface area (Å²) in [6, 6.07) is 12.9. The van der Waals surface area contributed by atoms with Crippen LogP contribution in [0.5, 0.6) is 5.75 Å². The van der Waals surface area contributed by atoms with Gasteiger partial charge in [-0.2, -0.15) is 0 Å². The standard InChI is InChI=1S/C26H35NO4/c1-8-18(6)30-26(29)19(7)31-21-14-12-20(13-15-21)25(28)27-24-22(16(2)3)10-9-11-23(24)17(4)5/h9-19H,8H2,1-7H3,(H,27,28)/t18-,19-/m1/s1. The number of benzene rings is 2. The van der Waals surface area contributed by atoms with Crippen molar-refractivity contribution in [3.8, 4) is 5.75 Å². The van der Waals surface area contributed by atoms with E-state index in [0.717, 1.165) is 23.2 Å². The van der Waals surface area contributed by atoms with Gasteiger partial charge in [-0.05, 0) is 67.5 Å². The molecule has 1 amide bonds. The smallest absolute Gasteiger partial charge is 0.347 e. The van der Waals surface area contributed by atoms with Crippen LogP contribution in [0.4, 0.5) is 5.69 Å². The molecular weight excluding hydrogens is 390 g/mol. The molecule has 0 fully saturated rings. The Hall–Kier alpha value is -2.82. The summed E-state index contributed by atoms with van der Waals surface area (Å²) in [6.45, 7) is 13.9. The normalized spacial score (nSPS) is 13.1. The molecule has 31 heavy (non-hydrogen) atoms. The Morgan fingerprint density at radius 1 is 0.871 bits per heavy atom. The first-order valence-corrected chi connectivity index (χ1v) is 11.0. The third-order valence-corrected chi connectivity index (χ3v) is 5.27. The van der Waals surface area contributed by atoms with Crippen molar-refractivity contribution in [2.24, 2.45) is 0 Å². The molecule has 0 heterocycles. The van der Waals surface area contributed by atoms with E-state index in [-0.39, 0.29) is 12.0 Å². The van der Waals surface area contributed by atoms with Gasteiger partial charge in [0.25, 0.3) is 5.91 Å². The summed E-state index contributed by atoms with van der Waals surface area (Å²) in [5.41, 5.74) is 3.65. The largest absolute Gasteiger partial charge is 0.479 e. The third-order valence-electron chi connectivity index (χ3n) is 5.27. The van der Waals surface area contributed by atoms with E-state index in [1.165, 1.54) is 0 Å². The Morgan fingerprint density at radius 3 is 1.90 bits per heavy atom. The molecule has 0 radical (unpaired) electrons. The van der Waals surface area contributed by atoms with Crippen molar-refractivity contribution in [2.45, 2.75) is 78.9 Å². The first kappa shape index (κ1) is 24.4. The summed E-state index contributed by atoms with van der Waals surface area (Å²) in [5, 5.41) is 3.11. The fourth-order valence-electron chi connectivity index (χ4n) is 3.20. The van der Waals surface area contributed by atoms with Crippen LogP contribution in [0.3, 0.4) is 0 Å². The van der Waals surface area contributed by atoms with Crippen LogP contribution >= 0.6 is 0 Å². The van der Waals surface area contributed by atoms with E-state index in [2.05, 4.69) is 45.1 Å². The topological polar surface area (TPSA) is 64.6 Å². The van der Waals surface area contributed by atoms with Gasteiger partial charge in [-0.1, -0.05) is 52.8 Å². The van der Waals surface area contributed by atoms with E-state index in [1.54, 1.807) is 31.2 Å². The molecule has 5 nitrogen and oxygen atoms in total. The molecule has 0 aliphatic rings. The predicted octanol–water partition coefficient (Wildman–Crippen LogP) is 6.29. The maximum absolute atomic E-state index is 12.9. The number of rotatable bonds is 9. The van der Waals surface area contributed by atoms with Gasteiger partial charge < -0.3 is 14.8 Å². The van der Waals surface area contributed by atoms with E-state index in [9.17, 15) is 9.59 Å². The molecule has 0 aliphatic carbocycles. The Morgan fingerprint density at radius 2 is 1.42 bits per heavy atom. The summed E-state index contributed by atoms with van der Waals surface area (Å²) < 4.78 is 11.0. The molecule has 0 unspecified atom stereocenters. The van der Waals surface area contributed by atoms with Gasteiger partial charge in [0.1, 0.15) is 5.75 Å². The Balaban J connectivity index is 2.12. The van der Waals surface area contributed by atoms with E-state index >= 15 is 0 Å². The van der Waals surface area contributed by atoms with E-state index in [1.807, 2.05) is 19.9 Å². The van der Waals surface area contributed by atoms with Gasteiger partial charge in [-0.15, -0.1) is 0 Å². The first-order valence-electron chi connectivity index (χ1n) is 11.0. The van der Waals surface area contributed by atoms with Crippen LogP contribution in [0.2, 0.25) is 0 Å². The minimum Gasteiger partial charge on any atom is -0.479 e. The second-order valence-electron chi connectivity index (χ2n) is 8.52. The molecule has 2 atom stereocenters. The lowest BCUT2D eigenvalue weighted by molar-refractivity contribution is -0.155. The highest BCUT2D eigenvalue weighted by molar-refractivity contribution is 6.05. The van der Waals surface area contributed by atoms with Crippen molar-refractivity contribution in [1.82, 2.24) is 0 Å². The van der Waals surface area contributed by atoms with Gasteiger partial charge in [0.2, 0.25) is 0 Å². The molecule has 2 aromatic rings. The van der Waals surface area contributed by atoms with Gasteiger partial charge >= 0.3 is 5.97 Å². The molecule has 5 heteroatoms. The number of esters is 1. The quantitative estimate of drug-likeness (QED) is 0.479. The predicted molar refractivity (Wildman–Crippen MR) is 125 cm³/mol. The fraction of sp³-hybridized carbons (Fsp3) is 0.462. The van der Waals surface area contributed by atoms with E-state index in [0.29, 0.717) is 23.1 Å². The summed E-state index contributed by atoms with van der Waals surface area (Å²) in [5.74, 6) is 0.520. The van der Waals surface area contributed by atoms with Gasteiger partial charge in [0.05, 0.1) is 6.10 Å². The average molecular weight is 426 g/mol. The van der Waals surface area contributed by atoms with Crippen molar-refractivity contribution in [2.75, 3.05) is 5.32 Å². The molecule has 2 rings (SSSR count). The summed E-state index contributed by atoms with van der Waals surface area (Å²) in [7, 11) is 0. The maximum Gasteiger partial charge on any atom is 0.347 e. The van der Waals surface area contributed by atoms with Crippen molar-refractivity contribution >= 4 is 17.6 Å². The van der Waals surface area contributed by atoms with E-state index in [4.69, 9.17) is 9.47 Å². The van der Waals surface area contributed by atoms with Gasteiger partial charge in [-0.3, -0.25) is 4.79 Å². The number of hydrogen-bond acceptors (Lipinski definition) is 4. The van der Waals surface area contributed by atoms with Crippen LogP contribution < -0.4 is 10.1 Å². The molecule has 0 bridgehead atoms. The molecule has 168 valence electrons. The Labute approximate surface area is 186 Å². The minimum atomic E-state index is -0.722. The van der Waals surface area contributed by atoms with Crippen LogP contribution in [-0.4, -0.2) is 24.1 Å². The van der Waals surface area contributed by atoms with Crippen molar-refractivity contribution in [3.05, 3.63) is 59.2 Å². The number of carbonyl (C=O) groups excluding carboxylic acids is 2. The molecule has 1 N–H and O–H groups in total. The van der Waals surface area contributed by atoms with Crippen LogP contribution in [0, 0.1) is 0 Å². The van der Waals surface area contributed by atoms with Crippen LogP contribution in [-0.2, 0) is 9.53 Å². The number of anilines is 1. The summed E-state index contributed by atoms with van der Waals surface area (Å²) >= 11 is 0. The fourth-order valence-corrected chi connectivity index (χ4v) is 3.20. The highest BCUT2D eigenvalue weighted by atomic mass is 16.6. The lowest BCUT2D eigenvalue weighted by Gasteiger charge is -2.20. The number of para-hydroxylation sites is 1. The lowest BCUT2D eigenvalue weighted by Crippen LogP contribution is -2.29. The zero-order valence-corrected chi connectivity index (χ0v) is 19.7. The zero-order valence-electron chi connectivity index (χ0n) is 19.7. The molecule has 0 saturated carbocycles. The highest BCUT2D eigenvalue weighted by Crippen LogP contribution is 2.32. The summed E-state index contributed by atoms with van der Waals surface area (Å²) in [4.78, 5) is 25.0. The molecular formula is C26H35NO4. The third kappa shape index (κ3) is 6.58. The Kier molecular flexibility index (Phi) is 8.66. The number of ether oxygens (including phenoxy) is 2. The van der Waals surface area contributed by atoms with Crippen LogP contribution in [0.1, 0.15) is 88.2 Å². The molecule has 0 aromatic heterocycles. The second kappa shape index (κ2) is 11.0.